The van der Waals surface area contributed by atoms with E-state index in [-0.39, 0.29) is 0 Å². The molecule has 5 heteroatoms. The summed E-state index contributed by atoms with van der Waals surface area (Å²) >= 11 is 0. The van der Waals surface area contributed by atoms with Crippen molar-refractivity contribution in [1.29, 1.82) is 0 Å². The second kappa shape index (κ2) is 6.54. The lowest BCUT2D eigenvalue weighted by Crippen LogP contribution is -2.34. The molecule has 1 atom stereocenters. The Kier molecular flexibility index (Phi) is 4.48. The molecular formula is C18H22N2O3. The number of carbonyl (C=O) groups is 1. The molecule has 2 heterocycles. The van der Waals surface area contributed by atoms with Gasteiger partial charge < -0.3 is 9.63 Å². The highest BCUT2D eigenvalue weighted by Gasteiger charge is 2.23. The van der Waals surface area contributed by atoms with Crippen LogP contribution < -0.4 is 0 Å². The lowest BCUT2D eigenvalue weighted by atomic mass is 9.90. The molecule has 1 aliphatic rings. The van der Waals surface area contributed by atoms with Gasteiger partial charge in [0.1, 0.15) is 5.76 Å². The average Bonchev–Trinajstić information content (AvgIpc) is 2.87. The Balaban J connectivity index is 1.69. The van der Waals surface area contributed by atoms with Gasteiger partial charge in [-0.2, -0.15) is 0 Å². The first-order valence-electron chi connectivity index (χ1n) is 8.02. The van der Waals surface area contributed by atoms with Gasteiger partial charge in [-0.1, -0.05) is 17.3 Å². The predicted octanol–water partition coefficient (Wildman–Crippen LogP) is 3.37. The fraction of sp³-hybridized carbons (Fsp3) is 0.444. The molecule has 3 rings (SSSR count). The maximum absolute atomic E-state index is 11.0. The summed E-state index contributed by atoms with van der Waals surface area (Å²) in [5.74, 6) is 0.475. The lowest BCUT2D eigenvalue weighted by Gasteiger charge is -2.33. The molecule has 0 saturated carbocycles. The molecule has 23 heavy (non-hydrogen) atoms. The highest BCUT2D eigenvalue weighted by atomic mass is 16.5. The molecule has 0 aliphatic carbocycles. The lowest BCUT2D eigenvalue weighted by molar-refractivity contribution is 0.0697. The first-order chi connectivity index (χ1) is 11.0. The zero-order chi connectivity index (χ0) is 16.4. The van der Waals surface area contributed by atoms with Gasteiger partial charge in [0.25, 0.3) is 0 Å². The fourth-order valence-electron chi connectivity index (χ4n) is 3.32. The third-order valence-corrected chi connectivity index (χ3v) is 4.70. The minimum atomic E-state index is -0.875. The van der Waals surface area contributed by atoms with Crippen molar-refractivity contribution in [3.8, 4) is 0 Å². The molecule has 1 N–H and O–H groups in total. The number of carboxylic acid groups (broad SMARTS) is 1. The Morgan fingerprint density at radius 1 is 1.35 bits per heavy atom. The van der Waals surface area contributed by atoms with Crippen molar-refractivity contribution in [3.05, 3.63) is 52.4 Å². The van der Waals surface area contributed by atoms with Crippen molar-refractivity contribution >= 4 is 5.97 Å². The van der Waals surface area contributed by atoms with Gasteiger partial charge in [-0.15, -0.1) is 0 Å². The number of carboxylic acids is 1. The smallest absolute Gasteiger partial charge is 0.335 e. The van der Waals surface area contributed by atoms with Crippen LogP contribution in [0.2, 0.25) is 0 Å². The molecular weight excluding hydrogens is 292 g/mol. The van der Waals surface area contributed by atoms with Crippen LogP contribution in [0.5, 0.6) is 0 Å². The highest BCUT2D eigenvalue weighted by Crippen LogP contribution is 2.28. The molecule has 122 valence electrons. The van der Waals surface area contributed by atoms with Crippen LogP contribution in [0.1, 0.15) is 51.7 Å². The second-order valence-electron chi connectivity index (χ2n) is 6.30. The molecule has 1 aromatic heterocycles. The van der Waals surface area contributed by atoms with Crippen molar-refractivity contribution in [2.24, 2.45) is 0 Å². The number of rotatable bonds is 4. The van der Waals surface area contributed by atoms with E-state index in [4.69, 9.17) is 9.63 Å². The van der Waals surface area contributed by atoms with E-state index < -0.39 is 5.97 Å². The zero-order valence-electron chi connectivity index (χ0n) is 13.6. The highest BCUT2D eigenvalue weighted by molar-refractivity contribution is 5.87. The molecule has 1 aromatic carbocycles. The summed E-state index contributed by atoms with van der Waals surface area (Å²) in [7, 11) is 0. The maximum Gasteiger partial charge on any atom is 0.335 e. The summed E-state index contributed by atoms with van der Waals surface area (Å²) in [4.78, 5) is 13.4. The predicted molar refractivity (Wildman–Crippen MR) is 86.6 cm³/mol. The largest absolute Gasteiger partial charge is 0.478 e. The van der Waals surface area contributed by atoms with E-state index in [0.29, 0.717) is 11.5 Å². The maximum atomic E-state index is 11.0. The third kappa shape index (κ3) is 3.45. The van der Waals surface area contributed by atoms with Crippen LogP contribution in [0.15, 0.2) is 28.8 Å². The van der Waals surface area contributed by atoms with Crippen molar-refractivity contribution in [1.82, 2.24) is 10.1 Å². The van der Waals surface area contributed by atoms with Gasteiger partial charge in [0.05, 0.1) is 11.3 Å². The van der Waals surface area contributed by atoms with Gasteiger partial charge in [0.2, 0.25) is 0 Å². The van der Waals surface area contributed by atoms with E-state index in [1.54, 1.807) is 12.1 Å². The molecule has 0 radical (unpaired) electrons. The Labute approximate surface area is 135 Å². The topological polar surface area (TPSA) is 66.6 Å². The monoisotopic (exact) mass is 314 g/mol. The van der Waals surface area contributed by atoms with E-state index in [1.165, 1.54) is 11.1 Å². The Hall–Kier alpha value is -2.14. The van der Waals surface area contributed by atoms with Gasteiger partial charge >= 0.3 is 5.97 Å². The van der Waals surface area contributed by atoms with Crippen molar-refractivity contribution in [3.63, 3.8) is 0 Å². The Morgan fingerprint density at radius 2 is 2.09 bits per heavy atom. The molecule has 0 unspecified atom stereocenters. The minimum absolute atomic E-state index is 0.345. The number of hydrogen-bond donors (Lipinski definition) is 1. The third-order valence-electron chi connectivity index (χ3n) is 4.70. The first kappa shape index (κ1) is 15.7. The zero-order valence-corrected chi connectivity index (χ0v) is 13.6. The average molecular weight is 314 g/mol. The summed E-state index contributed by atoms with van der Waals surface area (Å²) < 4.78 is 5.25. The SMILES string of the molecule is Cc1noc(C)c1CN1CCC[C@@H](c2ccc(C(=O)O)cc2)C1. The van der Waals surface area contributed by atoms with E-state index in [9.17, 15) is 4.79 Å². The van der Waals surface area contributed by atoms with Crippen LogP contribution in [0.4, 0.5) is 0 Å². The minimum Gasteiger partial charge on any atom is -0.478 e. The summed E-state index contributed by atoms with van der Waals surface area (Å²) in [6.45, 7) is 6.87. The van der Waals surface area contributed by atoms with Crippen LogP contribution in [0, 0.1) is 13.8 Å². The normalized spacial score (nSPS) is 19.0. The quantitative estimate of drug-likeness (QED) is 0.937. The molecule has 1 aliphatic heterocycles. The van der Waals surface area contributed by atoms with Gasteiger partial charge in [-0.3, -0.25) is 4.90 Å². The number of benzene rings is 1. The molecule has 0 spiro atoms. The van der Waals surface area contributed by atoms with Gasteiger partial charge in [-0.25, -0.2) is 4.79 Å². The number of aromatic nitrogens is 1. The van der Waals surface area contributed by atoms with E-state index in [2.05, 4.69) is 10.1 Å². The number of aromatic carboxylic acids is 1. The molecule has 1 saturated heterocycles. The van der Waals surface area contributed by atoms with Crippen molar-refractivity contribution < 1.29 is 14.4 Å². The number of piperidine rings is 1. The molecule has 1 fully saturated rings. The number of nitrogens with zero attached hydrogens (tertiary/aromatic N) is 2. The van der Waals surface area contributed by atoms with Crippen LogP contribution in [0.25, 0.3) is 0 Å². The Bertz CT molecular complexity index is 671. The number of aryl methyl sites for hydroxylation is 2. The summed E-state index contributed by atoms with van der Waals surface area (Å²) in [6, 6.07) is 7.30. The van der Waals surface area contributed by atoms with Crippen LogP contribution in [-0.4, -0.2) is 34.2 Å². The van der Waals surface area contributed by atoms with E-state index in [1.807, 2.05) is 26.0 Å². The van der Waals surface area contributed by atoms with E-state index >= 15 is 0 Å². The molecule has 5 nitrogen and oxygen atoms in total. The standard InChI is InChI=1S/C18H22N2O3/c1-12-17(13(2)23-19-12)11-20-9-3-4-16(10-20)14-5-7-15(8-6-14)18(21)22/h5-8,16H,3-4,9-11H2,1-2H3,(H,21,22)/t16-/m1/s1. The summed E-state index contributed by atoms with van der Waals surface area (Å²) in [5.41, 5.74) is 3.72. The van der Waals surface area contributed by atoms with E-state index in [0.717, 1.165) is 43.9 Å². The summed E-state index contributed by atoms with van der Waals surface area (Å²) in [5, 5.41) is 13.0. The Morgan fingerprint density at radius 3 is 2.70 bits per heavy atom. The fourth-order valence-corrected chi connectivity index (χ4v) is 3.32. The molecule has 0 bridgehead atoms. The number of hydrogen-bond acceptors (Lipinski definition) is 4. The van der Waals surface area contributed by atoms with Crippen LogP contribution >= 0.6 is 0 Å². The second-order valence-corrected chi connectivity index (χ2v) is 6.30. The summed E-state index contributed by atoms with van der Waals surface area (Å²) in [6.07, 6.45) is 2.29. The van der Waals surface area contributed by atoms with Gasteiger partial charge in [-0.05, 0) is 56.8 Å². The van der Waals surface area contributed by atoms with Crippen molar-refractivity contribution in [2.75, 3.05) is 13.1 Å². The first-order valence-corrected chi connectivity index (χ1v) is 8.02. The van der Waals surface area contributed by atoms with Crippen LogP contribution in [-0.2, 0) is 6.54 Å². The molecule has 2 aromatic rings. The van der Waals surface area contributed by atoms with Gasteiger partial charge in [0, 0.05) is 18.7 Å². The molecule has 0 amide bonds. The van der Waals surface area contributed by atoms with Gasteiger partial charge in [0.15, 0.2) is 0 Å². The van der Waals surface area contributed by atoms with Crippen molar-refractivity contribution in [2.45, 2.75) is 39.2 Å². The van der Waals surface area contributed by atoms with Crippen LogP contribution in [0.3, 0.4) is 0 Å². The number of likely N-dealkylation sites (tertiary alicyclic amines) is 1.